The van der Waals surface area contributed by atoms with Crippen molar-refractivity contribution >= 4 is 11.9 Å². The average Bonchev–Trinajstić information content (AvgIpc) is 2.75. The van der Waals surface area contributed by atoms with Gasteiger partial charge in [0.1, 0.15) is 0 Å². The molecule has 5 nitrogen and oxygen atoms in total. The molecule has 5 heteroatoms. The van der Waals surface area contributed by atoms with Crippen LogP contribution in [0, 0.1) is 11.8 Å². The zero-order chi connectivity index (χ0) is 12.4. The molecule has 0 aliphatic carbocycles. The summed E-state index contributed by atoms with van der Waals surface area (Å²) in [5.41, 5.74) is 0. The van der Waals surface area contributed by atoms with E-state index >= 15 is 0 Å². The monoisotopic (exact) mass is 241 g/mol. The van der Waals surface area contributed by atoms with Gasteiger partial charge in [-0.15, -0.1) is 0 Å². The van der Waals surface area contributed by atoms with E-state index in [1.807, 2.05) is 6.92 Å². The number of amides is 1. The van der Waals surface area contributed by atoms with Crippen LogP contribution >= 0.6 is 0 Å². The van der Waals surface area contributed by atoms with Crippen LogP contribution in [0.2, 0.25) is 0 Å². The smallest absolute Gasteiger partial charge is 0.308 e. The molecule has 2 fully saturated rings. The summed E-state index contributed by atoms with van der Waals surface area (Å²) >= 11 is 0. The van der Waals surface area contributed by atoms with Crippen molar-refractivity contribution in [3.05, 3.63) is 0 Å². The van der Waals surface area contributed by atoms with Crippen molar-refractivity contribution in [1.29, 1.82) is 0 Å². The maximum absolute atomic E-state index is 12.2. The van der Waals surface area contributed by atoms with Gasteiger partial charge in [-0.05, 0) is 26.2 Å². The van der Waals surface area contributed by atoms with Crippen molar-refractivity contribution in [1.82, 2.24) is 4.90 Å². The van der Waals surface area contributed by atoms with Crippen LogP contribution in [0.5, 0.6) is 0 Å². The Kier molecular flexibility index (Phi) is 3.66. The molecule has 2 aliphatic rings. The Morgan fingerprint density at radius 1 is 1.35 bits per heavy atom. The third-order valence-corrected chi connectivity index (χ3v) is 3.63. The van der Waals surface area contributed by atoms with E-state index < -0.39 is 11.9 Å². The number of carboxylic acids is 1. The lowest BCUT2D eigenvalue weighted by atomic mass is 9.96. The fourth-order valence-electron chi connectivity index (χ4n) is 2.63. The van der Waals surface area contributed by atoms with Crippen LogP contribution in [-0.2, 0) is 14.3 Å². The summed E-state index contributed by atoms with van der Waals surface area (Å²) < 4.78 is 5.39. The molecule has 0 aromatic carbocycles. The minimum atomic E-state index is -0.793. The molecule has 0 aromatic rings. The molecule has 0 spiro atoms. The van der Waals surface area contributed by atoms with Crippen LogP contribution in [-0.4, -0.2) is 47.7 Å². The molecular weight excluding hydrogens is 222 g/mol. The van der Waals surface area contributed by atoms with Gasteiger partial charge in [-0.2, -0.15) is 0 Å². The van der Waals surface area contributed by atoms with Gasteiger partial charge in [0.05, 0.1) is 24.5 Å². The molecule has 0 aromatic heterocycles. The Bertz CT molecular complexity index is 318. The topological polar surface area (TPSA) is 66.8 Å². The summed E-state index contributed by atoms with van der Waals surface area (Å²) in [5.74, 6) is -1.19. The first kappa shape index (κ1) is 12.4. The Morgan fingerprint density at radius 2 is 2.12 bits per heavy atom. The molecular formula is C12H19NO4. The summed E-state index contributed by atoms with van der Waals surface area (Å²) in [5, 5.41) is 8.98. The molecule has 0 bridgehead atoms. The van der Waals surface area contributed by atoms with E-state index in [-0.39, 0.29) is 17.9 Å². The predicted molar refractivity (Wildman–Crippen MR) is 60.5 cm³/mol. The number of carbonyl (C=O) groups is 2. The van der Waals surface area contributed by atoms with Gasteiger partial charge >= 0.3 is 5.97 Å². The van der Waals surface area contributed by atoms with Gasteiger partial charge in [-0.25, -0.2) is 0 Å². The maximum Gasteiger partial charge on any atom is 0.308 e. The van der Waals surface area contributed by atoms with Gasteiger partial charge in [0, 0.05) is 13.1 Å². The first-order valence-electron chi connectivity index (χ1n) is 6.21. The molecule has 2 rings (SSSR count). The van der Waals surface area contributed by atoms with Crippen LogP contribution in [0.4, 0.5) is 0 Å². The highest BCUT2D eigenvalue weighted by atomic mass is 16.5. The van der Waals surface area contributed by atoms with Crippen molar-refractivity contribution in [3.63, 3.8) is 0 Å². The summed E-state index contributed by atoms with van der Waals surface area (Å²) in [6, 6.07) is 0. The predicted octanol–water partition coefficient (Wildman–Crippen LogP) is 0.735. The number of ether oxygens (including phenoxy) is 1. The lowest BCUT2D eigenvalue weighted by Gasteiger charge is -2.32. The highest BCUT2D eigenvalue weighted by molar-refractivity contribution is 5.80. The lowest BCUT2D eigenvalue weighted by Crippen LogP contribution is -2.45. The zero-order valence-corrected chi connectivity index (χ0v) is 10.1. The van der Waals surface area contributed by atoms with E-state index in [0.717, 1.165) is 12.8 Å². The van der Waals surface area contributed by atoms with E-state index in [2.05, 4.69) is 0 Å². The molecule has 0 saturated carbocycles. The van der Waals surface area contributed by atoms with Crippen molar-refractivity contribution in [2.75, 3.05) is 19.7 Å². The van der Waals surface area contributed by atoms with E-state index in [4.69, 9.17) is 9.84 Å². The van der Waals surface area contributed by atoms with Gasteiger partial charge in [0.15, 0.2) is 0 Å². The van der Waals surface area contributed by atoms with Crippen molar-refractivity contribution in [2.24, 2.45) is 11.8 Å². The minimum absolute atomic E-state index is 0.0697. The van der Waals surface area contributed by atoms with Gasteiger partial charge < -0.3 is 14.7 Å². The first-order valence-corrected chi connectivity index (χ1v) is 6.21. The molecule has 2 heterocycles. The lowest BCUT2D eigenvalue weighted by molar-refractivity contribution is -0.146. The fourth-order valence-corrected chi connectivity index (χ4v) is 2.63. The number of carboxylic acid groups (broad SMARTS) is 1. The second kappa shape index (κ2) is 5.04. The summed E-state index contributed by atoms with van der Waals surface area (Å²) in [6.07, 6.45) is 2.36. The highest BCUT2D eigenvalue weighted by Crippen LogP contribution is 2.24. The normalized spacial score (nSPS) is 33.7. The van der Waals surface area contributed by atoms with Gasteiger partial charge in [0.2, 0.25) is 5.91 Å². The summed E-state index contributed by atoms with van der Waals surface area (Å²) in [6.45, 7) is 3.49. The number of likely N-dealkylation sites (tertiary alicyclic amines) is 1. The molecule has 0 radical (unpaired) electrons. The zero-order valence-electron chi connectivity index (χ0n) is 10.1. The Balaban J connectivity index is 1.93. The summed E-state index contributed by atoms with van der Waals surface area (Å²) in [7, 11) is 0. The Labute approximate surface area is 101 Å². The van der Waals surface area contributed by atoms with Crippen LogP contribution in [0.1, 0.15) is 26.2 Å². The third-order valence-electron chi connectivity index (χ3n) is 3.63. The second-order valence-corrected chi connectivity index (χ2v) is 5.04. The number of rotatable bonds is 2. The Hall–Kier alpha value is -1.10. The van der Waals surface area contributed by atoms with Crippen LogP contribution < -0.4 is 0 Å². The maximum atomic E-state index is 12.2. The molecule has 2 aliphatic heterocycles. The minimum Gasteiger partial charge on any atom is -0.481 e. The van der Waals surface area contributed by atoms with Crippen molar-refractivity contribution in [3.8, 4) is 0 Å². The van der Waals surface area contributed by atoms with Crippen LogP contribution in [0.3, 0.4) is 0 Å². The summed E-state index contributed by atoms with van der Waals surface area (Å²) in [4.78, 5) is 24.8. The van der Waals surface area contributed by atoms with E-state index in [0.29, 0.717) is 26.1 Å². The molecule has 2 saturated heterocycles. The first-order chi connectivity index (χ1) is 8.08. The average molecular weight is 241 g/mol. The fraction of sp³-hybridized carbons (Fsp3) is 0.833. The number of carbonyl (C=O) groups excluding carboxylic acids is 1. The number of aliphatic carboxylic acids is 1. The van der Waals surface area contributed by atoms with Gasteiger partial charge in [-0.3, -0.25) is 9.59 Å². The number of nitrogens with zero attached hydrogens (tertiary/aromatic N) is 1. The number of hydrogen-bond donors (Lipinski definition) is 1. The molecule has 1 N–H and O–H groups in total. The highest BCUT2D eigenvalue weighted by Gasteiger charge is 2.35. The van der Waals surface area contributed by atoms with Crippen molar-refractivity contribution in [2.45, 2.75) is 32.3 Å². The molecule has 3 unspecified atom stereocenters. The largest absolute Gasteiger partial charge is 0.481 e. The number of piperidine rings is 1. The van der Waals surface area contributed by atoms with Gasteiger partial charge in [0.25, 0.3) is 0 Å². The standard InChI is InChI=1S/C12H19NO4/c1-8-5-10(7-17-8)11(14)13-4-2-3-9(6-13)12(15)16/h8-10H,2-7H2,1H3,(H,15,16). The van der Waals surface area contributed by atoms with Crippen molar-refractivity contribution < 1.29 is 19.4 Å². The quantitative estimate of drug-likeness (QED) is 0.774. The van der Waals surface area contributed by atoms with E-state index in [9.17, 15) is 9.59 Å². The van der Waals surface area contributed by atoms with E-state index in [1.165, 1.54) is 0 Å². The van der Waals surface area contributed by atoms with Crippen LogP contribution in [0.15, 0.2) is 0 Å². The molecule has 96 valence electrons. The molecule has 17 heavy (non-hydrogen) atoms. The molecule has 3 atom stereocenters. The van der Waals surface area contributed by atoms with Crippen LogP contribution in [0.25, 0.3) is 0 Å². The van der Waals surface area contributed by atoms with Gasteiger partial charge in [-0.1, -0.05) is 0 Å². The SMILES string of the molecule is CC1CC(C(=O)N2CCCC(C(=O)O)C2)CO1. The number of hydrogen-bond acceptors (Lipinski definition) is 3. The van der Waals surface area contributed by atoms with E-state index in [1.54, 1.807) is 4.90 Å². The second-order valence-electron chi connectivity index (χ2n) is 5.04. The third kappa shape index (κ3) is 2.77. The molecule has 1 amide bonds. The Morgan fingerprint density at radius 3 is 2.71 bits per heavy atom.